The second-order valence-electron chi connectivity index (χ2n) is 5.65. The summed E-state index contributed by atoms with van der Waals surface area (Å²) in [6.45, 7) is 5.23. The number of aromatic nitrogens is 3. The average molecular weight is 329 g/mol. The molecular formula is C13H15N9O2. The smallest absolute Gasteiger partial charge is 0.419 e. The number of carbonyl (C=O) groups is 1. The summed E-state index contributed by atoms with van der Waals surface area (Å²) in [5, 5.41) is 30.1. The number of para-hydroxylation sites is 1. The van der Waals surface area contributed by atoms with Gasteiger partial charge in [0.05, 0.1) is 16.3 Å². The second kappa shape index (κ2) is 6.75. The number of azide groups is 1. The lowest BCUT2D eigenvalue weighted by Crippen LogP contribution is -2.13. The predicted octanol–water partition coefficient (Wildman–Crippen LogP) is 3.17. The van der Waals surface area contributed by atoms with Crippen molar-refractivity contribution < 1.29 is 9.66 Å². The third kappa shape index (κ3) is 3.84. The summed E-state index contributed by atoms with van der Waals surface area (Å²) in [5.74, 6) is -0.253. The van der Waals surface area contributed by atoms with E-state index in [1.54, 1.807) is 45.0 Å². The molecular weight excluding hydrogens is 314 g/mol. The van der Waals surface area contributed by atoms with E-state index in [0.717, 1.165) is 4.80 Å². The number of anilines is 1. The zero-order valence-corrected chi connectivity index (χ0v) is 13.3. The third-order valence-corrected chi connectivity index (χ3v) is 2.61. The van der Waals surface area contributed by atoms with E-state index in [9.17, 15) is 10.0 Å². The van der Waals surface area contributed by atoms with Gasteiger partial charge in [-0.3, -0.25) is 4.79 Å². The maximum Gasteiger partial charge on any atom is 0.419 e. The number of hydrogen-bond donors (Lipinski definition) is 1. The van der Waals surface area contributed by atoms with Crippen molar-refractivity contribution in [2.45, 2.75) is 26.3 Å². The molecule has 2 aromatic rings. The molecule has 24 heavy (non-hydrogen) atoms. The Morgan fingerprint density at radius 2 is 2.08 bits per heavy atom. The molecule has 0 saturated carbocycles. The minimum atomic E-state index is -0.646. The molecule has 0 fully saturated rings. The van der Waals surface area contributed by atoms with Crippen LogP contribution in [0.15, 0.2) is 34.5 Å². The molecule has 0 aliphatic heterocycles. The summed E-state index contributed by atoms with van der Waals surface area (Å²) in [7, 11) is 0. The molecule has 0 radical (unpaired) electrons. The molecule has 0 unspecified atom stereocenters. The first kappa shape index (κ1) is 16.9. The van der Waals surface area contributed by atoms with Crippen molar-refractivity contribution in [2.75, 3.05) is 5.32 Å². The number of hydrogen-bond acceptors (Lipinski definition) is 6. The standard InChI is InChI=1S/C13H15N9O2/c1-13(2,3)19-22(24)12-11(15-8-23)17-21(18-12)10-7-5-4-6-9(10)16-20-14/h4-8H,1-3H3,(H,15,17,23). The van der Waals surface area contributed by atoms with E-state index >= 15 is 0 Å². The molecule has 124 valence electrons. The highest BCUT2D eigenvalue weighted by Gasteiger charge is 2.25. The van der Waals surface area contributed by atoms with Crippen LogP contribution in [0.25, 0.3) is 16.1 Å². The Balaban J connectivity index is 2.59. The van der Waals surface area contributed by atoms with Crippen LogP contribution in [-0.4, -0.2) is 31.8 Å². The summed E-state index contributed by atoms with van der Waals surface area (Å²) >= 11 is 0. The normalized spacial score (nSPS) is 11.7. The molecule has 1 amide bonds. The van der Waals surface area contributed by atoms with Gasteiger partial charge in [0.25, 0.3) is 5.82 Å². The zero-order chi connectivity index (χ0) is 17.7. The van der Waals surface area contributed by atoms with Crippen LogP contribution in [0, 0.1) is 5.21 Å². The molecule has 0 spiro atoms. The van der Waals surface area contributed by atoms with Crippen molar-refractivity contribution in [3.63, 3.8) is 0 Å². The van der Waals surface area contributed by atoms with Crippen molar-refractivity contribution in [2.24, 2.45) is 10.2 Å². The molecule has 0 aliphatic rings. The lowest BCUT2D eigenvalue weighted by atomic mass is 10.1. The van der Waals surface area contributed by atoms with Gasteiger partial charge in [-0.25, -0.2) is 0 Å². The van der Waals surface area contributed by atoms with Gasteiger partial charge in [0, 0.05) is 4.91 Å². The molecule has 0 atom stereocenters. The van der Waals surface area contributed by atoms with Gasteiger partial charge < -0.3 is 10.5 Å². The Kier molecular flexibility index (Phi) is 4.76. The SMILES string of the molecule is CC(C)(C)N=[N+]([O-])c1nn(-c2ccccc2N=[N+]=[N-])nc1NC=O. The topological polar surface area (TPSA) is 147 Å². The van der Waals surface area contributed by atoms with E-state index in [4.69, 9.17) is 5.53 Å². The van der Waals surface area contributed by atoms with Crippen LogP contribution in [-0.2, 0) is 4.79 Å². The zero-order valence-electron chi connectivity index (χ0n) is 13.3. The van der Waals surface area contributed by atoms with Crippen molar-refractivity contribution in [3.8, 4) is 5.69 Å². The van der Waals surface area contributed by atoms with Crippen LogP contribution in [0.3, 0.4) is 0 Å². The van der Waals surface area contributed by atoms with Gasteiger partial charge in [-0.1, -0.05) is 28.1 Å². The molecule has 1 aromatic carbocycles. The number of carbonyl (C=O) groups excluding carboxylic acids is 1. The van der Waals surface area contributed by atoms with Crippen molar-refractivity contribution in [1.29, 1.82) is 0 Å². The highest BCUT2D eigenvalue weighted by atomic mass is 16.5. The Hall–Kier alpha value is -3.46. The maximum absolute atomic E-state index is 12.2. The van der Waals surface area contributed by atoms with Crippen molar-refractivity contribution in [3.05, 3.63) is 39.9 Å². The highest BCUT2D eigenvalue weighted by Crippen LogP contribution is 2.26. The quantitative estimate of drug-likeness (QED) is 0.224. The van der Waals surface area contributed by atoms with Crippen LogP contribution in [0.1, 0.15) is 20.8 Å². The number of azo groups is 1. The first-order valence-corrected chi connectivity index (χ1v) is 6.88. The molecule has 11 nitrogen and oxygen atoms in total. The third-order valence-electron chi connectivity index (χ3n) is 2.61. The van der Waals surface area contributed by atoms with Gasteiger partial charge in [-0.2, -0.15) is 0 Å². The van der Waals surface area contributed by atoms with Gasteiger partial charge >= 0.3 is 5.82 Å². The minimum absolute atomic E-state index is 0.0660. The van der Waals surface area contributed by atoms with Gasteiger partial charge in [0.2, 0.25) is 6.41 Å². The second-order valence-corrected chi connectivity index (χ2v) is 5.65. The fraction of sp³-hybridized carbons (Fsp3) is 0.308. The van der Waals surface area contributed by atoms with Crippen molar-refractivity contribution in [1.82, 2.24) is 15.0 Å². The first-order valence-electron chi connectivity index (χ1n) is 6.88. The van der Waals surface area contributed by atoms with E-state index in [1.165, 1.54) is 0 Å². The molecule has 2 rings (SSSR count). The van der Waals surface area contributed by atoms with Gasteiger partial charge in [-0.15, -0.1) is 15.1 Å². The fourth-order valence-corrected chi connectivity index (χ4v) is 1.77. The van der Waals surface area contributed by atoms with Gasteiger partial charge in [0.15, 0.2) is 0 Å². The van der Waals surface area contributed by atoms with E-state index in [1.807, 2.05) is 0 Å². The molecule has 0 aliphatic carbocycles. The lowest BCUT2D eigenvalue weighted by molar-refractivity contribution is -0.453. The Bertz CT molecular complexity index is 828. The molecule has 1 aromatic heterocycles. The first-order chi connectivity index (χ1) is 11.4. The number of amides is 1. The number of nitrogens with one attached hydrogen (secondary N) is 1. The lowest BCUT2D eigenvalue weighted by Gasteiger charge is -2.12. The minimum Gasteiger partial charge on any atom is -0.691 e. The van der Waals surface area contributed by atoms with Crippen LogP contribution < -0.4 is 5.32 Å². The van der Waals surface area contributed by atoms with Gasteiger partial charge in [-0.05, 0) is 32.4 Å². The number of rotatable bonds is 5. The number of nitrogens with zero attached hydrogens (tertiary/aromatic N) is 8. The Labute approximate surface area is 136 Å². The highest BCUT2D eigenvalue weighted by molar-refractivity contribution is 5.73. The van der Waals surface area contributed by atoms with Gasteiger partial charge in [0.1, 0.15) is 5.69 Å². The molecule has 1 N–H and O–H groups in total. The fourth-order valence-electron chi connectivity index (χ4n) is 1.77. The molecule has 0 saturated heterocycles. The van der Waals surface area contributed by atoms with Crippen LogP contribution in [0.2, 0.25) is 0 Å². The monoisotopic (exact) mass is 329 g/mol. The summed E-state index contributed by atoms with van der Waals surface area (Å²) in [5.41, 5.74) is 8.60. The van der Waals surface area contributed by atoms with Crippen LogP contribution in [0.4, 0.5) is 17.3 Å². The Morgan fingerprint density at radius 1 is 1.38 bits per heavy atom. The van der Waals surface area contributed by atoms with Crippen LogP contribution >= 0.6 is 0 Å². The summed E-state index contributed by atoms with van der Waals surface area (Å²) in [4.78, 5) is 14.9. The average Bonchev–Trinajstić information content (AvgIpc) is 2.91. The van der Waals surface area contributed by atoms with Crippen molar-refractivity contribution >= 4 is 23.7 Å². The molecule has 1 heterocycles. The maximum atomic E-state index is 12.2. The van der Waals surface area contributed by atoms with E-state index < -0.39 is 5.54 Å². The van der Waals surface area contributed by atoms with E-state index in [-0.39, 0.29) is 17.3 Å². The predicted molar refractivity (Wildman–Crippen MR) is 85.3 cm³/mol. The van der Waals surface area contributed by atoms with Crippen LogP contribution in [0.5, 0.6) is 0 Å². The summed E-state index contributed by atoms with van der Waals surface area (Å²) < 4.78 is 0. The summed E-state index contributed by atoms with van der Waals surface area (Å²) in [6.07, 6.45) is 0.377. The number of benzene rings is 1. The largest absolute Gasteiger partial charge is 0.691 e. The molecule has 11 heteroatoms. The van der Waals surface area contributed by atoms with E-state index in [0.29, 0.717) is 17.0 Å². The van der Waals surface area contributed by atoms with E-state index in [2.05, 4.69) is 30.7 Å². The summed E-state index contributed by atoms with van der Waals surface area (Å²) in [6, 6.07) is 6.54. The molecule has 0 bridgehead atoms. The Morgan fingerprint density at radius 3 is 2.71 bits per heavy atom.